The zero-order chi connectivity index (χ0) is 16.4. The lowest BCUT2D eigenvalue weighted by molar-refractivity contribution is -0.126. The summed E-state index contributed by atoms with van der Waals surface area (Å²) in [6, 6.07) is 2.11. The third-order valence-corrected chi connectivity index (χ3v) is 5.09. The maximum absolute atomic E-state index is 12.2. The van der Waals surface area contributed by atoms with Crippen LogP contribution in [0.2, 0.25) is 0 Å². The number of aromatic nitrogens is 1. The van der Waals surface area contributed by atoms with Crippen LogP contribution in [0.3, 0.4) is 0 Å². The number of nitrogens with one attached hydrogen (secondary N) is 2. The summed E-state index contributed by atoms with van der Waals surface area (Å²) in [6.07, 6.45) is 0.603. The van der Waals surface area contributed by atoms with Crippen LogP contribution in [0.25, 0.3) is 10.2 Å². The molecule has 0 aliphatic heterocycles. The van der Waals surface area contributed by atoms with Gasteiger partial charge in [0.15, 0.2) is 0 Å². The first-order valence-electron chi connectivity index (χ1n) is 7.61. The Morgan fingerprint density at radius 1 is 1.22 bits per heavy atom. The molecule has 8 heteroatoms. The summed E-state index contributed by atoms with van der Waals surface area (Å²) in [5, 5.41) is 8.04. The second-order valence-electron chi connectivity index (χ2n) is 5.91. The summed E-state index contributed by atoms with van der Waals surface area (Å²) in [6.45, 7) is -0.914. The molecule has 1 aliphatic carbocycles. The number of nitrogens with zero attached hydrogens (tertiary/aromatic N) is 1. The number of nitrogen functional groups attached to an aromatic ring is 1. The first-order chi connectivity index (χ1) is 10.9. The zero-order valence-electron chi connectivity index (χ0n) is 12.5. The highest BCUT2D eigenvalue weighted by molar-refractivity contribution is 7.17. The number of thiophene rings is 1. The molecule has 0 bridgehead atoms. The Labute approximate surface area is 136 Å². The SMILES string of the molecule is Nc1cnc2ccsc2c1NC1CCC(NCC(F)(F)F)CC1. The van der Waals surface area contributed by atoms with E-state index < -0.39 is 12.7 Å². The number of hydrogen-bond donors (Lipinski definition) is 3. The third-order valence-electron chi connectivity index (χ3n) is 4.17. The number of anilines is 2. The summed E-state index contributed by atoms with van der Waals surface area (Å²) < 4.78 is 37.8. The van der Waals surface area contributed by atoms with Crippen LogP contribution < -0.4 is 16.4 Å². The Morgan fingerprint density at radius 3 is 2.61 bits per heavy atom. The second-order valence-corrected chi connectivity index (χ2v) is 6.83. The molecule has 4 nitrogen and oxygen atoms in total. The fourth-order valence-corrected chi connectivity index (χ4v) is 3.85. The van der Waals surface area contributed by atoms with Gasteiger partial charge in [-0.25, -0.2) is 0 Å². The van der Waals surface area contributed by atoms with Gasteiger partial charge in [0.05, 0.1) is 34.3 Å². The Bertz CT molecular complexity index is 662. The van der Waals surface area contributed by atoms with Crippen molar-refractivity contribution in [1.29, 1.82) is 0 Å². The average Bonchev–Trinajstić information content (AvgIpc) is 2.97. The van der Waals surface area contributed by atoms with Gasteiger partial charge in [-0.1, -0.05) is 0 Å². The molecule has 1 aliphatic rings. The predicted octanol–water partition coefficient (Wildman–Crippen LogP) is 3.75. The molecular weight excluding hydrogens is 325 g/mol. The van der Waals surface area contributed by atoms with Crippen LogP contribution in [0.1, 0.15) is 25.7 Å². The monoisotopic (exact) mass is 344 g/mol. The molecule has 0 unspecified atom stereocenters. The third kappa shape index (κ3) is 4.06. The molecule has 0 saturated heterocycles. The highest BCUT2D eigenvalue weighted by Crippen LogP contribution is 2.34. The van der Waals surface area contributed by atoms with Crippen molar-refractivity contribution in [2.75, 3.05) is 17.6 Å². The molecule has 0 radical (unpaired) electrons. The number of alkyl halides is 3. The minimum atomic E-state index is -4.15. The van der Waals surface area contributed by atoms with Crippen molar-refractivity contribution in [3.8, 4) is 0 Å². The maximum Gasteiger partial charge on any atom is 0.401 e. The number of nitrogens with two attached hydrogens (primary N) is 1. The van der Waals surface area contributed by atoms with Crippen molar-refractivity contribution in [2.45, 2.75) is 43.9 Å². The number of halogens is 3. The van der Waals surface area contributed by atoms with Gasteiger partial charge in [-0.15, -0.1) is 11.3 Å². The topological polar surface area (TPSA) is 63.0 Å². The predicted molar refractivity (Wildman–Crippen MR) is 87.8 cm³/mol. The summed E-state index contributed by atoms with van der Waals surface area (Å²) in [5.74, 6) is 0. The van der Waals surface area contributed by atoms with Crippen LogP contribution in [0, 0.1) is 0 Å². The van der Waals surface area contributed by atoms with E-state index in [9.17, 15) is 13.2 Å². The molecule has 23 heavy (non-hydrogen) atoms. The van der Waals surface area contributed by atoms with E-state index in [4.69, 9.17) is 5.73 Å². The molecule has 2 aromatic rings. The van der Waals surface area contributed by atoms with E-state index in [0.29, 0.717) is 5.69 Å². The summed E-state index contributed by atoms with van der Waals surface area (Å²) in [5.41, 5.74) is 8.45. The second kappa shape index (κ2) is 6.52. The van der Waals surface area contributed by atoms with Gasteiger partial charge in [0.1, 0.15) is 0 Å². The molecule has 2 heterocycles. The molecule has 126 valence electrons. The Morgan fingerprint density at radius 2 is 1.91 bits per heavy atom. The highest BCUT2D eigenvalue weighted by Gasteiger charge is 2.29. The largest absolute Gasteiger partial charge is 0.401 e. The van der Waals surface area contributed by atoms with Gasteiger partial charge >= 0.3 is 6.18 Å². The van der Waals surface area contributed by atoms with Gasteiger partial charge in [-0.3, -0.25) is 4.98 Å². The summed E-state index contributed by atoms with van der Waals surface area (Å²) in [7, 11) is 0. The van der Waals surface area contributed by atoms with Crippen molar-refractivity contribution < 1.29 is 13.2 Å². The minimum Gasteiger partial charge on any atom is -0.396 e. The van der Waals surface area contributed by atoms with E-state index in [1.165, 1.54) is 0 Å². The first-order valence-corrected chi connectivity index (χ1v) is 8.49. The van der Waals surface area contributed by atoms with Gasteiger partial charge in [0.2, 0.25) is 0 Å². The van der Waals surface area contributed by atoms with Crippen molar-refractivity contribution in [2.24, 2.45) is 0 Å². The maximum atomic E-state index is 12.2. The molecule has 1 saturated carbocycles. The number of fused-ring (bicyclic) bond motifs is 1. The van der Waals surface area contributed by atoms with Crippen LogP contribution in [0.15, 0.2) is 17.6 Å². The van der Waals surface area contributed by atoms with E-state index in [1.54, 1.807) is 17.5 Å². The quantitative estimate of drug-likeness (QED) is 0.790. The molecule has 2 aromatic heterocycles. The van der Waals surface area contributed by atoms with Gasteiger partial charge in [-0.05, 0) is 37.1 Å². The van der Waals surface area contributed by atoms with E-state index in [2.05, 4.69) is 15.6 Å². The van der Waals surface area contributed by atoms with Crippen molar-refractivity contribution >= 4 is 32.9 Å². The average molecular weight is 344 g/mol. The first kappa shape index (κ1) is 16.3. The van der Waals surface area contributed by atoms with Crippen LogP contribution in [-0.4, -0.2) is 29.8 Å². The Kier molecular flexibility index (Phi) is 4.63. The Balaban J connectivity index is 1.58. The van der Waals surface area contributed by atoms with E-state index in [-0.39, 0.29) is 12.1 Å². The molecule has 0 aromatic carbocycles. The fourth-order valence-electron chi connectivity index (χ4n) is 2.98. The van der Waals surface area contributed by atoms with Crippen LogP contribution >= 0.6 is 11.3 Å². The summed E-state index contributed by atoms with van der Waals surface area (Å²) in [4.78, 5) is 4.28. The standard InChI is InChI=1S/C15H19F3N4S/c16-15(17,18)8-21-9-1-3-10(4-2-9)22-13-11(19)7-20-12-5-6-23-14(12)13/h5-7,9-10,21H,1-4,8,19H2,(H,20,22). The normalized spacial score (nSPS) is 22.4. The molecule has 1 fully saturated rings. The van der Waals surface area contributed by atoms with Gasteiger partial charge in [-0.2, -0.15) is 13.2 Å². The van der Waals surface area contributed by atoms with Crippen molar-refractivity contribution in [3.05, 3.63) is 17.6 Å². The van der Waals surface area contributed by atoms with E-state index in [0.717, 1.165) is 41.6 Å². The lowest BCUT2D eigenvalue weighted by Gasteiger charge is -2.31. The lowest BCUT2D eigenvalue weighted by atomic mass is 9.91. The molecular formula is C15H19F3N4S. The van der Waals surface area contributed by atoms with Gasteiger partial charge in [0, 0.05) is 12.1 Å². The lowest BCUT2D eigenvalue weighted by Crippen LogP contribution is -2.41. The van der Waals surface area contributed by atoms with Crippen molar-refractivity contribution in [1.82, 2.24) is 10.3 Å². The van der Waals surface area contributed by atoms with Crippen molar-refractivity contribution in [3.63, 3.8) is 0 Å². The van der Waals surface area contributed by atoms with Crippen LogP contribution in [-0.2, 0) is 0 Å². The van der Waals surface area contributed by atoms with E-state index >= 15 is 0 Å². The van der Waals surface area contributed by atoms with Gasteiger partial charge in [0.25, 0.3) is 0 Å². The van der Waals surface area contributed by atoms with Gasteiger partial charge < -0.3 is 16.4 Å². The van der Waals surface area contributed by atoms with Crippen LogP contribution in [0.4, 0.5) is 24.5 Å². The number of pyridine rings is 1. The zero-order valence-corrected chi connectivity index (χ0v) is 13.3. The smallest absolute Gasteiger partial charge is 0.396 e. The molecule has 0 amide bonds. The fraction of sp³-hybridized carbons (Fsp3) is 0.533. The minimum absolute atomic E-state index is 0.0637. The Hall–Kier alpha value is -1.54. The molecule has 0 atom stereocenters. The van der Waals surface area contributed by atoms with E-state index in [1.807, 2.05) is 11.4 Å². The number of rotatable bonds is 4. The van der Waals surface area contributed by atoms with Crippen LogP contribution in [0.5, 0.6) is 0 Å². The molecule has 3 rings (SSSR count). The highest BCUT2D eigenvalue weighted by atomic mass is 32.1. The summed E-state index contributed by atoms with van der Waals surface area (Å²) >= 11 is 1.59. The number of hydrogen-bond acceptors (Lipinski definition) is 5. The molecule has 0 spiro atoms. The molecule has 4 N–H and O–H groups in total.